The van der Waals surface area contributed by atoms with Gasteiger partial charge in [-0.2, -0.15) is 13.2 Å². The molecule has 7 heteroatoms. The number of alkyl halides is 3. The van der Waals surface area contributed by atoms with Gasteiger partial charge in [0.1, 0.15) is 5.69 Å². The number of nitrogens with one attached hydrogen (secondary N) is 1. The molecule has 0 amide bonds. The number of aromatic nitrogens is 2. The smallest absolute Gasteiger partial charge is 0.349 e. The number of nitrogens with zero attached hydrogens (tertiary/aromatic N) is 2. The van der Waals surface area contributed by atoms with Crippen molar-refractivity contribution in [2.24, 2.45) is 7.05 Å². The van der Waals surface area contributed by atoms with Crippen molar-refractivity contribution in [3.63, 3.8) is 0 Å². The Labute approximate surface area is 142 Å². The lowest BCUT2D eigenvalue weighted by Crippen LogP contribution is -2.20. The van der Waals surface area contributed by atoms with Gasteiger partial charge < -0.3 is 5.32 Å². The van der Waals surface area contributed by atoms with E-state index in [1.807, 2.05) is 18.2 Å². The zero-order chi connectivity index (χ0) is 18.2. The maximum atomic E-state index is 12.9. The van der Waals surface area contributed by atoms with Gasteiger partial charge in [0.05, 0.1) is 16.9 Å². The van der Waals surface area contributed by atoms with E-state index >= 15 is 0 Å². The van der Waals surface area contributed by atoms with E-state index in [4.69, 9.17) is 0 Å². The highest BCUT2D eigenvalue weighted by atomic mass is 19.4. The van der Waals surface area contributed by atoms with Crippen molar-refractivity contribution >= 4 is 11.4 Å². The van der Waals surface area contributed by atoms with Gasteiger partial charge in [-0.1, -0.05) is 24.3 Å². The predicted octanol–water partition coefficient (Wildman–Crippen LogP) is 4.25. The van der Waals surface area contributed by atoms with Crippen LogP contribution in [-0.2, 0) is 13.2 Å². The lowest BCUT2D eigenvalue weighted by molar-refractivity contribution is -0.137. The van der Waals surface area contributed by atoms with E-state index in [1.165, 1.54) is 16.8 Å². The number of rotatable bonds is 3. The maximum Gasteiger partial charge on any atom is 0.416 e. The van der Waals surface area contributed by atoms with Gasteiger partial charge in [0, 0.05) is 12.7 Å². The second kappa shape index (κ2) is 6.16. The summed E-state index contributed by atoms with van der Waals surface area (Å²) >= 11 is 0. The normalized spacial score (nSPS) is 11.6. The van der Waals surface area contributed by atoms with E-state index in [0.29, 0.717) is 11.4 Å². The molecule has 0 fully saturated rings. The van der Waals surface area contributed by atoms with E-state index in [-0.39, 0.29) is 16.9 Å². The minimum atomic E-state index is -4.44. The fraction of sp³-hybridized carbons (Fsp3) is 0.167. The molecule has 0 atom stereocenters. The maximum absolute atomic E-state index is 12.9. The van der Waals surface area contributed by atoms with Gasteiger partial charge >= 0.3 is 6.18 Å². The molecule has 130 valence electrons. The van der Waals surface area contributed by atoms with Gasteiger partial charge in [-0.3, -0.25) is 9.48 Å². The lowest BCUT2D eigenvalue weighted by atomic mass is 10.2. The van der Waals surface area contributed by atoms with Gasteiger partial charge in [0.15, 0.2) is 0 Å². The van der Waals surface area contributed by atoms with E-state index in [2.05, 4.69) is 5.32 Å². The Morgan fingerprint density at radius 3 is 2.32 bits per heavy atom. The number of hydrogen-bond donors (Lipinski definition) is 1. The van der Waals surface area contributed by atoms with Gasteiger partial charge in [-0.15, -0.1) is 0 Å². The monoisotopic (exact) mass is 347 g/mol. The third-order valence-electron chi connectivity index (χ3n) is 4.01. The summed E-state index contributed by atoms with van der Waals surface area (Å²) < 4.78 is 41.7. The number of para-hydroxylation sites is 1. The summed E-state index contributed by atoms with van der Waals surface area (Å²) in [6.07, 6.45) is -4.44. The summed E-state index contributed by atoms with van der Waals surface area (Å²) in [6, 6.07) is 13.8. The first kappa shape index (κ1) is 16.9. The SMILES string of the molecule is Cc1c(Nc2cccc(C(F)(F)F)c2)c(=O)n(-c2ccccc2)n1C. The van der Waals surface area contributed by atoms with Crippen LogP contribution in [0.1, 0.15) is 11.3 Å². The average Bonchev–Trinajstić information content (AvgIpc) is 2.79. The molecular weight excluding hydrogens is 331 g/mol. The van der Waals surface area contributed by atoms with Crippen LogP contribution in [0.3, 0.4) is 0 Å². The summed E-state index contributed by atoms with van der Waals surface area (Å²) in [5.74, 6) is 0. The number of anilines is 2. The molecule has 0 unspecified atom stereocenters. The quantitative estimate of drug-likeness (QED) is 0.769. The summed E-state index contributed by atoms with van der Waals surface area (Å²) in [5, 5.41) is 2.83. The van der Waals surface area contributed by atoms with Crippen molar-refractivity contribution in [3.8, 4) is 5.69 Å². The first-order chi connectivity index (χ1) is 11.8. The predicted molar refractivity (Wildman–Crippen MR) is 90.5 cm³/mol. The third-order valence-corrected chi connectivity index (χ3v) is 4.01. The molecule has 0 saturated carbocycles. The van der Waals surface area contributed by atoms with Crippen LogP contribution in [0.4, 0.5) is 24.5 Å². The standard InChI is InChI=1S/C18H16F3N3O/c1-12-16(22-14-8-6-7-13(11-14)18(19,20)21)17(25)24(23(12)2)15-9-4-3-5-10-15/h3-11,22H,1-2H3. The zero-order valence-electron chi connectivity index (χ0n) is 13.6. The van der Waals surface area contributed by atoms with Crippen molar-refractivity contribution in [2.75, 3.05) is 5.32 Å². The van der Waals surface area contributed by atoms with Crippen LogP contribution in [0.15, 0.2) is 59.4 Å². The van der Waals surface area contributed by atoms with Crippen molar-refractivity contribution in [1.82, 2.24) is 9.36 Å². The first-order valence-corrected chi connectivity index (χ1v) is 7.57. The van der Waals surface area contributed by atoms with Gasteiger partial charge in [0.2, 0.25) is 0 Å². The Morgan fingerprint density at radius 1 is 1.00 bits per heavy atom. The van der Waals surface area contributed by atoms with Crippen molar-refractivity contribution in [1.29, 1.82) is 0 Å². The Bertz CT molecular complexity index is 956. The molecule has 0 spiro atoms. The molecule has 3 aromatic rings. The van der Waals surface area contributed by atoms with Gasteiger partial charge in [-0.25, -0.2) is 4.68 Å². The summed E-state index contributed by atoms with van der Waals surface area (Å²) in [4.78, 5) is 12.8. The minimum Gasteiger partial charge on any atom is -0.349 e. The van der Waals surface area contributed by atoms with Crippen molar-refractivity contribution < 1.29 is 13.2 Å². The fourth-order valence-electron chi connectivity index (χ4n) is 2.63. The highest BCUT2D eigenvalue weighted by Crippen LogP contribution is 2.31. The second-order valence-electron chi connectivity index (χ2n) is 5.64. The Morgan fingerprint density at radius 2 is 1.68 bits per heavy atom. The third kappa shape index (κ3) is 3.17. The van der Waals surface area contributed by atoms with Crippen LogP contribution in [-0.4, -0.2) is 9.36 Å². The van der Waals surface area contributed by atoms with E-state index in [0.717, 1.165) is 12.1 Å². The van der Waals surface area contributed by atoms with Crippen LogP contribution in [0.5, 0.6) is 0 Å². The summed E-state index contributed by atoms with van der Waals surface area (Å²) in [6.45, 7) is 1.73. The summed E-state index contributed by atoms with van der Waals surface area (Å²) in [5.41, 5.74) is 0.644. The topological polar surface area (TPSA) is 39.0 Å². The molecule has 0 aliphatic heterocycles. The lowest BCUT2D eigenvalue weighted by Gasteiger charge is -2.09. The highest BCUT2D eigenvalue weighted by molar-refractivity contribution is 5.62. The Balaban J connectivity index is 2.04. The van der Waals surface area contributed by atoms with Crippen LogP contribution in [0.2, 0.25) is 0 Å². The highest BCUT2D eigenvalue weighted by Gasteiger charge is 2.30. The molecule has 1 aromatic heterocycles. The molecule has 1 heterocycles. The van der Waals surface area contributed by atoms with Crippen LogP contribution >= 0.6 is 0 Å². The first-order valence-electron chi connectivity index (χ1n) is 7.57. The molecule has 0 saturated heterocycles. The Hall–Kier alpha value is -2.96. The molecule has 0 aliphatic rings. The van der Waals surface area contributed by atoms with E-state index in [9.17, 15) is 18.0 Å². The molecule has 0 bridgehead atoms. The van der Waals surface area contributed by atoms with Crippen LogP contribution in [0.25, 0.3) is 5.69 Å². The fourth-order valence-corrected chi connectivity index (χ4v) is 2.63. The number of benzene rings is 2. The molecular formula is C18H16F3N3O. The molecule has 0 radical (unpaired) electrons. The number of hydrogen-bond acceptors (Lipinski definition) is 2. The van der Waals surface area contributed by atoms with Crippen molar-refractivity contribution in [2.45, 2.75) is 13.1 Å². The van der Waals surface area contributed by atoms with E-state index in [1.54, 1.807) is 30.8 Å². The molecule has 1 N–H and O–H groups in total. The molecule has 4 nitrogen and oxygen atoms in total. The second-order valence-corrected chi connectivity index (χ2v) is 5.64. The minimum absolute atomic E-state index is 0.209. The average molecular weight is 347 g/mol. The molecule has 25 heavy (non-hydrogen) atoms. The molecule has 3 rings (SSSR count). The van der Waals surface area contributed by atoms with Crippen LogP contribution in [0, 0.1) is 6.92 Å². The van der Waals surface area contributed by atoms with Gasteiger partial charge in [0.25, 0.3) is 5.56 Å². The van der Waals surface area contributed by atoms with E-state index < -0.39 is 11.7 Å². The molecule has 2 aromatic carbocycles. The van der Waals surface area contributed by atoms with Gasteiger partial charge in [-0.05, 0) is 37.3 Å². The Kier molecular flexibility index (Phi) is 4.16. The van der Waals surface area contributed by atoms with Crippen LogP contribution < -0.4 is 10.9 Å². The van der Waals surface area contributed by atoms with Crippen molar-refractivity contribution in [3.05, 3.63) is 76.2 Å². The zero-order valence-corrected chi connectivity index (χ0v) is 13.6. The largest absolute Gasteiger partial charge is 0.416 e. The molecule has 0 aliphatic carbocycles. The number of halogens is 3. The summed E-state index contributed by atoms with van der Waals surface area (Å²) in [7, 11) is 1.72.